The van der Waals surface area contributed by atoms with Gasteiger partial charge in [-0.15, -0.1) is 0 Å². The second-order valence-electron chi connectivity index (χ2n) is 6.75. The number of nitrogens with zero attached hydrogens (tertiary/aromatic N) is 2. The standard InChI is InChI=1S/C21H23N3O5S/c1-3-29-19(25)11-7-15-6-10-18(21(22)23-26)20-17(15)12-13-24(20)30(27,28)16-8-4-14(2)5-9-16/h4-6,8-10,12-13,26H,3,7,11H2,1-2H3,(H2,22,23). The van der Waals surface area contributed by atoms with Crippen LogP contribution in [0.25, 0.3) is 10.9 Å². The highest BCUT2D eigenvalue weighted by Gasteiger charge is 2.23. The Bertz CT molecular complexity index is 1210. The second-order valence-corrected chi connectivity index (χ2v) is 8.57. The molecule has 0 atom stereocenters. The minimum absolute atomic E-state index is 0.119. The molecule has 0 amide bonds. The Kier molecular flexibility index (Phi) is 6.12. The zero-order chi connectivity index (χ0) is 21.9. The van der Waals surface area contributed by atoms with Crippen LogP contribution in [0, 0.1) is 6.92 Å². The predicted molar refractivity (Wildman–Crippen MR) is 113 cm³/mol. The number of nitrogens with two attached hydrogens (primary N) is 1. The van der Waals surface area contributed by atoms with Gasteiger partial charge in [0.15, 0.2) is 5.84 Å². The topological polar surface area (TPSA) is 124 Å². The fourth-order valence-electron chi connectivity index (χ4n) is 3.26. The molecule has 0 radical (unpaired) electrons. The van der Waals surface area contributed by atoms with E-state index in [1.807, 2.05) is 6.92 Å². The molecule has 0 aliphatic heterocycles. The van der Waals surface area contributed by atoms with E-state index in [0.29, 0.717) is 18.4 Å². The van der Waals surface area contributed by atoms with Crippen molar-refractivity contribution in [2.45, 2.75) is 31.6 Å². The third kappa shape index (κ3) is 4.02. The fourth-order valence-corrected chi connectivity index (χ4v) is 4.63. The molecule has 9 heteroatoms. The monoisotopic (exact) mass is 429 g/mol. The molecule has 0 fully saturated rings. The van der Waals surface area contributed by atoms with Crippen molar-refractivity contribution in [1.82, 2.24) is 3.97 Å². The summed E-state index contributed by atoms with van der Waals surface area (Å²) in [5, 5.41) is 12.8. The molecule has 0 saturated carbocycles. The number of carbonyl (C=O) groups is 1. The van der Waals surface area contributed by atoms with Gasteiger partial charge in [0.2, 0.25) is 0 Å². The Labute approximate surface area is 174 Å². The van der Waals surface area contributed by atoms with Crippen molar-refractivity contribution in [3.63, 3.8) is 0 Å². The molecular weight excluding hydrogens is 406 g/mol. The molecule has 30 heavy (non-hydrogen) atoms. The summed E-state index contributed by atoms with van der Waals surface area (Å²) in [4.78, 5) is 11.9. The first-order valence-electron chi connectivity index (χ1n) is 9.38. The van der Waals surface area contributed by atoms with Gasteiger partial charge in [0.1, 0.15) is 0 Å². The van der Waals surface area contributed by atoms with Gasteiger partial charge in [0.25, 0.3) is 10.0 Å². The number of hydrogen-bond acceptors (Lipinski definition) is 6. The van der Waals surface area contributed by atoms with Crippen LogP contribution in [0.15, 0.2) is 58.7 Å². The summed E-state index contributed by atoms with van der Waals surface area (Å²) in [5.41, 5.74) is 8.07. The molecule has 0 saturated heterocycles. The van der Waals surface area contributed by atoms with E-state index in [2.05, 4.69) is 5.16 Å². The SMILES string of the molecule is CCOC(=O)CCc1ccc(C(N)=NO)c2c1ccn2S(=O)(=O)c1ccc(C)cc1. The third-order valence-electron chi connectivity index (χ3n) is 4.77. The maximum atomic E-state index is 13.3. The van der Waals surface area contributed by atoms with Crippen LogP contribution in [0.4, 0.5) is 0 Å². The van der Waals surface area contributed by atoms with E-state index in [0.717, 1.165) is 15.1 Å². The number of aromatic nitrogens is 1. The van der Waals surface area contributed by atoms with Crippen molar-refractivity contribution >= 4 is 32.7 Å². The van der Waals surface area contributed by atoms with E-state index in [4.69, 9.17) is 10.5 Å². The smallest absolute Gasteiger partial charge is 0.306 e. The molecule has 1 aromatic heterocycles. The summed E-state index contributed by atoms with van der Waals surface area (Å²) in [6.45, 7) is 3.90. The Morgan fingerprint density at radius 2 is 1.87 bits per heavy atom. The average Bonchev–Trinajstić information content (AvgIpc) is 3.18. The number of esters is 1. The van der Waals surface area contributed by atoms with Crippen molar-refractivity contribution in [3.05, 3.63) is 65.4 Å². The van der Waals surface area contributed by atoms with Gasteiger partial charge in [-0.05, 0) is 50.1 Å². The van der Waals surface area contributed by atoms with Gasteiger partial charge < -0.3 is 15.7 Å². The summed E-state index contributed by atoms with van der Waals surface area (Å²) in [7, 11) is -3.93. The van der Waals surface area contributed by atoms with Crippen LogP contribution in [0.1, 0.15) is 30.0 Å². The third-order valence-corrected chi connectivity index (χ3v) is 6.46. The molecule has 0 bridgehead atoms. The van der Waals surface area contributed by atoms with Crippen molar-refractivity contribution in [2.24, 2.45) is 10.9 Å². The molecule has 0 spiro atoms. The van der Waals surface area contributed by atoms with Gasteiger partial charge in [0.05, 0.1) is 17.0 Å². The maximum absolute atomic E-state index is 13.3. The molecule has 3 aromatic rings. The largest absolute Gasteiger partial charge is 0.466 e. The lowest BCUT2D eigenvalue weighted by Crippen LogP contribution is -2.18. The first-order chi connectivity index (χ1) is 14.3. The molecule has 1 heterocycles. The van der Waals surface area contributed by atoms with E-state index in [9.17, 15) is 18.4 Å². The van der Waals surface area contributed by atoms with Gasteiger partial charge in [0, 0.05) is 23.6 Å². The number of ether oxygens (including phenoxy) is 1. The van der Waals surface area contributed by atoms with Crippen LogP contribution in [0.5, 0.6) is 0 Å². The van der Waals surface area contributed by atoms with Crippen molar-refractivity contribution in [2.75, 3.05) is 6.61 Å². The van der Waals surface area contributed by atoms with Crippen molar-refractivity contribution < 1.29 is 23.2 Å². The number of rotatable bonds is 7. The normalized spacial score (nSPS) is 12.3. The molecular formula is C21H23N3O5S. The van der Waals surface area contributed by atoms with Crippen LogP contribution in [0.2, 0.25) is 0 Å². The number of carbonyl (C=O) groups excluding carboxylic acids is 1. The van der Waals surface area contributed by atoms with E-state index >= 15 is 0 Å². The number of aryl methyl sites for hydroxylation is 2. The summed E-state index contributed by atoms with van der Waals surface area (Å²) in [6.07, 6.45) is 1.95. The highest BCUT2D eigenvalue weighted by atomic mass is 32.2. The number of oxime groups is 1. The van der Waals surface area contributed by atoms with Crippen LogP contribution in [-0.4, -0.2) is 36.0 Å². The minimum atomic E-state index is -3.93. The molecule has 2 aromatic carbocycles. The van der Waals surface area contributed by atoms with E-state index in [1.54, 1.807) is 37.3 Å². The molecule has 8 nitrogen and oxygen atoms in total. The van der Waals surface area contributed by atoms with Crippen LogP contribution in [-0.2, 0) is 26.0 Å². The number of fused-ring (bicyclic) bond motifs is 1. The predicted octanol–water partition coefficient (Wildman–Crippen LogP) is 2.78. The molecule has 3 rings (SSSR count). The molecule has 3 N–H and O–H groups in total. The maximum Gasteiger partial charge on any atom is 0.306 e. The van der Waals surface area contributed by atoms with Gasteiger partial charge in [-0.25, -0.2) is 12.4 Å². The first-order valence-corrected chi connectivity index (χ1v) is 10.8. The zero-order valence-electron chi connectivity index (χ0n) is 16.7. The Morgan fingerprint density at radius 3 is 2.50 bits per heavy atom. The Balaban J connectivity index is 2.17. The van der Waals surface area contributed by atoms with Crippen LogP contribution < -0.4 is 5.73 Å². The molecule has 158 valence electrons. The number of hydrogen-bond donors (Lipinski definition) is 2. The van der Waals surface area contributed by atoms with E-state index < -0.39 is 10.0 Å². The Hall–Kier alpha value is -3.33. The number of benzene rings is 2. The molecule has 0 unspecified atom stereocenters. The molecule has 0 aliphatic carbocycles. The Morgan fingerprint density at radius 1 is 1.17 bits per heavy atom. The van der Waals surface area contributed by atoms with Gasteiger partial charge in [-0.3, -0.25) is 4.79 Å². The van der Waals surface area contributed by atoms with E-state index in [-0.39, 0.29) is 34.2 Å². The van der Waals surface area contributed by atoms with Gasteiger partial charge >= 0.3 is 5.97 Å². The molecule has 0 aliphatic rings. The minimum Gasteiger partial charge on any atom is -0.466 e. The highest BCUT2D eigenvalue weighted by Crippen LogP contribution is 2.29. The summed E-state index contributed by atoms with van der Waals surface area (Å²) in [5.74, 6) is -0.547. The summed E-state index contributed by atoms with van der Waals surface area (Å²) < 4.78 is 32.7. The highest BCUT2D eigenvalue weighted by molar-refractivity contribution is 7.90. The zero-order valence-corrected chi connectivity index (χ0v) is 17.5. The first kappa shape index (κ1) is 21.4. The van der Waals surface area contributed by atoms with E-state index in [1.165, 1.54) is 18.3 Å². The lowest BCUT2D eigenvalue weighted by Gasteiger charge is -2.12. The quantitative estimate of drug-likeness (QED) is 0.196. The summed E-state index contributed by atoms with van der Waals surface area (Å²) >= 11 is 0. The second kappa shape index (κ2) is 8.58. The van der Waals surface area contributed by atoms with Crippen molar-refractivity contribution in [1.29, 1.82) is 0 Å². The van der Waals surface area contributed by atoms with Crippen LogP contribution >= 0.6 is 0 Å². The lowest BCUT2D eigenvalue weighted by molar-refractivity contribution is -0.143. The summed E-state index contributed by atoms with van der Waals surface area (Å²) in [6, 6.07) is 11.5. The van der Waals surface area contributed by atoms with Crippen molar-refractivity contribution in [3.8, 4) is 0 Å². The van der Waals surface area contributed by atoms with Gasteiger partial charge in [-0.2, -0.15) is 0 Å². The fraction of sp³-hybridized carbons (Fsp3) is 0.238. The average molecular weight is 429 g/mol. The number of amidine groups is 1. The van der Waals surface area contributed by atoms with Gasteiger partial charge in [-0.1, -0.05) is 28.9 Å². The lowest BCUT2D eigenvalue weighted by atomic mass is 10.0. The van der Waals surface area contributed by atoms with Crippen LogP contribution in [0.3, 0.4) is 0 Å².